The Morgan fingerprint density at radius 3 is 2.78 bits per heavy atom. The number of hydrogen-bond acceptors (Lipinski definition) is 4. The van der Waals surface area contributed by atoms with E-state index in [0.29, 0.717) is 6.42 Å². The van der Waals surface area contributed by atoms with Gasteiger partial charge in [0.15, 0.2) is 0 Å². The van der Waals surface area contributed by atoms with Gasteiger partial charge in [0.2, 0.25) is 0 Å². The monoisotopic (exact) mass is 333 g/mol. The quantitative estimate of drug-likeness (QED) is 0.727. The van der Waals surface area contributed by atoms with E-state index in [1.807, 2.05) is 49.6 Å². The van der Waals surface area contributed by atoms with Crippen LogP contribution in [0.1, 0.15) is 37.7 Å². The second-order valence-electron chi connectivity index (χ2n) is 5.46. The van der Waals surface area contributed by atoms with Crippen molar-refractivity contribution in [1.29, 1.82) is 0 Å². The van der Waals surface area contributed by atoms with Crippen molar-refractivity contribution in [2.75, 3.05) is 6.54 Å². The van der Waals surface area contributed by atoms with Crippen LogP contribution in [0.2, 0.25) is 0 Å². The number of aromatic nitrogens is 1. The Bertz CT molecular complexity index is 615. The van der Waals surface area contributed by atoms with Gasteiger partial charge in [0, 0.05) is 17.5 Å². The zero-order valence-electron chi connectivity index (χ0n) is 13.5. The molecule has 23 heavy (non-hydrogen) atoms. The molecule has 0 aliphatic carbocycles. The van der Waals surface area contributed by atoms with Crippen molar-refractivity contribution in [3.63, 3.8) is 0 Å². The van der Waals surface area contributed by atoms with Crippen LogP contribution in [0.4, 0.5) is 4.79 Å². The van der Waals surface area contributed by atoms with Gasteiger partial charge in [-0.2, -0.15) is 0 Å². The molecule has 2 rings (SSSR count). The Morgan fingerprint density at radius 2 is 2.09 bits per heavy atom. The predicted molar refractivity (Wildman–Crippen MR) is 93.4 cm³/mol. The average molecular weight is 333 g/mol. The van der Waals surface area contributed by atoms with Gasteiger partial charge in [0.25, 0.3) is 0 Å². The maximum atomic E-state index is 11.9. The fourth-order valence-corrected chi connectivity index (χ4v) is 3.02. The molecule has 0 saturated heterocycles. The van der Waals surface area contributed by atoms with Gasteiger partial charge < -0.3 is 15.7 Å². The van der Waals surface area contributed by atoms with E-state index in [1.54, 1.807) is 0 Å². The minimum absolute atomic E-state index is 0.180. The van der Waals surface area contributed by atoms with Crippen molar-refractivity contribution < 1.29 is 9.90 Å². The molecule has 3 N–H and O–H groups in total. The molecular formula is C17H23N3O2S. The normalized spacial score (nSPS) is 13.3. The third kappa shape index (κ3) is 5.33. The number of aliphatic hydroxyl groups excluding tert-OH is 1. The fraction of sp³-hybridized carbons (Fsp3) is 0.412. The van der Waals surface area contributed by atoms with Gasteiger partial charge >= 0.3 is 6.03 Å². The Kier molecular flexibility index (Phi) is 6.55. The Balaban J connectivity index is 1.87. The van der Waals surface area contributed by atoms with Crippen LogP contribution >= 0.6 is 11.3 Å². The molecule has 1 aromatic heterocycles. The first-order valence-electron chi connectivity index (χ1n) is 7.83. The van der Waals surface area contributed by atoms with E-state index in [9.17, 15) is 9.90 Å². The molecule has 5 nitrogen and oxygen atoms in total. The van der Waals surface area contributed by atoms with Crippen LogP contribution in [0.5, 0.6) is 0 Å². The predicted octanol–water partition coefficient (Wildman–Crippen LogP) is 3.33. The van der Waals surface area contributed by atoms with Crippen LogP contribution in [-0.2, 0) is 0 Å². The van der Waals surface area contributed by atoms with Crippen LogP contribution in [-0.4, -0.2) is 28.8 Å². The lowest BCUT2D eigenvalue weighted by atomic mass is 10.2. The SMILES string of the molecule is CCCC(O)CNC(=O)NC(C)c1nc(-c2ccccc2)cs1. The van der Waals surface area contributed by atoms with E-state index < -0.39 is 6.10 Å². The molecule has 2 amide bonds. The van der Waals surface area contributed by atoms with Crippen molar-refractivity contribution in [2.24, 2.45) is 0 Å². The summed E-state index contributed by atoms with van der Waals surface area (Å²) in [5.41, 5.74) is 1.98. The van der Waals surface area contributed by atoms with Crippen LogP contribution in [0.15, 0.2) is 35.7 Å². The van der Waals surface area contributed by atoms with Gasteiger partial charge in [0.05, 0.1) is 17.8 Å². The molecule has 2 unspecified atom stereocenters. The standard InChI is InChI=1S/C17H23N3O2S/c1-3-7-14(21)10-18-17(22)19-12(2)16-20-15(11-23-16)13-8-5-4-6-9-13/h4-6,8-9,11-12,14,21H,3,7,10H2,1-2H3,(H2,18,19,22). The lowest BCUT2D eigenvalue weighted by Gasteiger charge is -2.14. The fourth-order valence-electron chi connectivity index (χ4n) is 2.18. The molecule has 0 saturated carbocycles. The third-order valence-corrected chi connectivity index (χ3v) is 4.46. The average Bonchev–Trinajstić information content (AvgIpc) is 3.04. The largest absolute Gasteiger partial charge is 0.391 e. The number of rotatable bonds is 7. The molecule has 2 aromatic rings. The summed E-state index contributed by atoms with van der Waals surface area (Å²) in [5, 5.41) is 18.0. The molecule has 1 heterocycles. The molecule has 2 atom stereocenters. The van der Waals surface area contributed by atoms with Crippen LogP contribution in [0, 0.1) is 0 Å². The third-order valence-electron chi connectivity index (χ3n) is 3.43. The van der Waals surface area contributed by atoms with Gasteiger partial charge in [0.1, 0.15) is 5.01 Å². The molecule has 124 valence electrons. The highest BCUT2D eigenvalue weighted by atomic mass is 32.1. The number of nitrogens with zero attached hydrogens (tertiary/aromatic N) is 1. The summed E-state index contributed by atoms with van der Waals surface area (Å²) in [6.07, 6.45) is 1.08. The van der Waals surface area contributed by atoms with Crippen molar-refractivity contribution in [3.05, 3.63) is 40.7 Å². The van der Waals surface area contributed by atoms with Crippen molar-refractivity contribution in [2.45, 2.75) is 38.8 Å². The summed E-state index contributed by atoms with van der Waals surface area (Å²) < 4.78 is 0. The maximum absolute atomic E-state index is 11.9. The molecule has 0 radical (unpaired) electrons. The van der Waals surface area contributed by atoms with E-state index in [-0.39, 0.29) is 18.6 Å². The van der Waals surface area contributed by atoms with E-state index in [2.05, 4.69) is 15.6 Å². The van der Waals surface area contributed by atoms with E-state index >= 15 is 0 Å². The first kappa shape index (κ1) is 17.4. The van der Waals surface area contributed by atoms with Gasteiger partial charge in [-0.15, -0.1) is 11.3 Å². The summed E-state index contributed by atoms with van der Waals surface area (Å²) >= 11 is 1.52. The summed E-state index contributed by atoms with van der Waals surface area (Å²) in [6.45, 7) is 4.16. The summed E-state index contributed by atoms with van der Waals surface area (Å²) in [4.78, 5) is 16.4. The molecular weight excluding hydrogens is 310 g/mol. The second-order valence-corrected chi connectivity index (χ2v) is 6.35. The number of carbonyl (C=O) groups is 1. The minimum atomic E-state index is -0.495. The first-order valence-corrected chi connectivity index (χ1v) is 8.71. The second kappa shape index (κ2) is 8.64. The molecule has 0 spiro atoms. The van der Waals surface area contributed by atoms with Gasteiger partial charge in [-0.25, -0.2) is 9.78 Å². The van der Waals surface area contributed by atoms with Crippen molar-refractivity contribution in [1.82, 2.24) is 15.6 Å². The number of amides is 2. The van der Waals surface area contributed by atoms with Gasteiger partial charge in [-0.1, -0.05) is 43.7 Å². The number of carbonyl (C=O) groups excluding carboxylic acids is 1. The lowest BCUT2D eigenvalue weighted by Crippen LogP contribution is -2.40. The number of aliphatic hydroxyl groups is 1. The highest BCUT2D eigenvalue weighted by Crippen LogP contribution is 2.25. The zero-order valence-corrected chi connectivity index (χ0v) is 14.3. The number of benzene rings is 1. The van der Waals surface area contributed by atoms with E-state index in [0.717, 1.165) is 22.7 Å². The zero-order chi connectivity index (χ0) is 16.7. The van der Waals surface area contributed by atoms with Crippen molar-refractivity contribution >= 4 is 17.4 Å². The topological polar surface area (TPSA) is 74.2 Å². The lowest BCUT2D eigenvalue weighted by molar-refractivity contribution is 0.160. The Morgan fingerprint density at radius 1 is 1.35 bits per heavy atom. The summed E-state index contributed by atoms with van der Waals surface area (Å²) in [5.74, 6) is 0. The number of hydrogen-bond donors (Lipinski definition) is 3. The number of nitrogens with one attached hydrogen (secondary N) is 2. The summed E-state index contributed by atoms with van der Waals surface area (Å²) in [7, 11) is 0. The molecule has 6 heteroatoms. The first-order chi connectivity index (χ1) is 11.1. The highest BCUT2D eigenvalue weighted by Gasteiger charge is 2.14. The Labute approximate surface area is 140 Å². The van der Waals surface area contributed by atoms with Crippen molar-refractivity contribution in [3.8, 4) is 11.3 Å². The van der Waals surface area contributed by atoms with Crippen LogP contribution in [0.3, 0.4) is 0 Å². The molecule has 1 aromatic carbocycles. The number of thiazole rings is 1. The molecule has 0 aliphatic rings. The minimum Gasteiger partial charge on any atom is -0.391 e. The van der Waals surface area contributed by atoms with E-state index in [4.69, 9.17) is 0 Å². The van der Waals surface area contributed by atoms with E-state index in [1.165, 1.54) is 11.3 Å². The molecule has 0 fully saturated rings. The van der Waals surface area contributed by atoms with Crippen LogP contribution in [0.25, 0.3) is 11.3 Å². The van der Waals surface area contributed by atoms with Gasteiger partial charge in [-0.3, -0.25) is 0 Å². The maximum Gasteiger partial charge on any atom is 0.315 e. The van der Waals surface area contributed by atoms with Gasteiger partial charge in [-0.05, 0) is 13.3 Å². The summed E-state index contributed by atoms with van der Waals surface area (Å²) in [6, 6.07) is 9.48. The van der Waals surface area contributed by atoms with Crippen LogP contribution < -0.4 is 10.6 Å². The smallest absolute Gasteiger partial charge is 0.315 e. The molecule has 0 bridgehead atoms. The Hall–Kier alpha value is -1.92. The highest BCUT2D eigenvalue weighted by molar-refractivity contribution is 7.10. The number of urea groups is 1. The molecule has 0 aliphatic heterocycles.